The molecule has 0 spiro atoms. The number of aliphatic imine (C=N–C) groups is 1. The Labute approximate surface area is 175 Å². The Balaban J connectivity index is 1.37. The summed E-state index contributed by atoms with van der Waals surface area (Å²) in [6, 6.07) is 23.6. The molecule has 0 fully saturated rings. The van der Waals surface area contributed by atoms with Crippen LogP contribution in [0.25, 0.3) is 5.65 Å². The van der Waals surface area contributed by atoms with Gasteiger partial charge in [-0.15, -0.1) is 10.2 Å². The number of hydrogen-bond donors (Lipinski definition) is 2. The molecule has 2 aromatic carbocycles. The summed E-state index contributed by atoms with van der Waals surface area (Å²) in [7, 11) is 0. The molecule has 0 bridgehead atoms. The van der Waals surface area contributed by atoms with E-state index in [0.717, 1.165) is 41.0 Å². The smallest absolute Gasteiger partial charge is 0.191 e. The maximum Gasteiger partial charge on any atom is 0.191 e. The quantitative estimate of drug-likeness (QED) is 0.365. The van der Waals surface area contributed by atoms with Crippen LogP contribution in [-0.4, -0.2) is 27.1 Å². The number of para-hydroxylation sites is 1. The van der Waals surface area contributed by atoms with Gasteiger partial charge in [0.25, 0.3) is 0 Å². The molecule has 0 aliphatic rings. The summed E-state index contributed by atoms with van der Waals surface area (Å²) in [5.41, 5.74) is 1.93. The number of pyridine rings is 1. The maximum atomic E-state index is 5.84. The Bertz CT molecular complexity index is 1110. The van der Waals surface area contributed by atoms with E-state index in [0.29, 0.717) is 13.1 Å². The third-order valence-corrected chi connectivity index (χ3v) is 4.46. The standard InChI is InChI=1S/C23H24N6O/c1-2-24-23(26-17-22-28-27-21-10-6-7-15-29(21)22)25-16-18-11-13-20(14-12-18)30-19-8-4-3-5-9-19/h3-15H,2,16-17H2,1H3,(H2,24,25,26). The number of nitrogens with one attached hydrogen (secondary N) is 2. The van der Waals surface area contributed by atoms with Crippen molar-refractivity contribution in [3.63, 3.8) is 0 Å². The molecule has 2 heterocycles. The van der Waals surface area contributed by atoms with Crippen LogP contribution in [0, 0.1) is 0 Å². The molecule has 2 N–H and O–H groups in total. The van der Waals surface area contributed by atoms with Gasteiger partial charge in [-0.25, -0.2) is 4.99 Å². The third kappa shape index (κ3) is 4.94. The van der Waals surface area contributed by atoms with Gasteiger partial charge in [0.15, 0.2) is 17.4 Å². The molecule has 7 heteroatoms. The van der Waals surface area contributed by atoms with E-state index < -0.39 is 0 Å². The second-order valence-electron chi connectivity index (χ2n) is 6.65. The van der Waals surface area contributed by atoms with Gasteiger partial charge in [-0.2, -0.15) is 0 Å². The lowest BCUT2D eigenvalue weighted by Crippen LogP contribution is -2.37. The minimum atomic E-state index is 0.529. The van der Waals surface area contributed by atoms with Crippen molar-refractivity contribution >= 4 is 11.6 Å². The maximum absolute atomic E-state index is 5.84. The number of ether oxygens (including phenoxy) is 1. The fourth-order valence-electron chi connectivity index (χ4n) is 2.97. The summed E-state index contributed by atoms with van der Waals surface area (Å²) in [6.07, 6.45) is 1.95. The lowest BCUT2D eigenvalue weighted by molar-refractivity contribution is 0.482. The number of hydrogen-bond acceptors (Lipinski definition) is 4. The van der Waals surface area contributed by atoms with E-state index in [1.807, 2.05) is 90.3 Å². The van der Waals surface area contributed by atoms with Crippen LogP contribution in [0.3, 0.4) is 0 Å². The van der Waals surface area contributed by atoms with E-state index in [9.17, 15) is 0 Å². The largest absolute Gasteiger partial charge is 0.457 e. The second-order valence-corrected chi connectivity index (χ2v) is 6.65. The first-order valence-corrected chi connectivity index (χ1v) is 9.94. The molecule has 0 aliphatic carbocycles. The molecule has 0 saturated carbocycles. The molecule has 0 radical (unpaired) electrons. The van der Waals surface area contributed by atoms with E-state index in [1.165, 1.54) is 0 Å². The van der Waals surface area contributed by atoms with Crippen LogP contribution in [-0.2, 0) is 13.1 Å². The molecule has 0 atom stereocenters. The molecule has 152 valence electrons. The first kappa shape index (κ1) is 19.4. The summed E-state index contributed by atoms with van der Waals surface area (Å²) in [5.74, 6) is 3.19. The summed E-state index contributed by atoms with van der Waals surface area (Å²) in [4.78, 5) is 4.67. The van der Waals surface area contributed by atoms with Gasteiger partial charge in [0, 0.05) is 12.7 Å². The SMILES string of the molecule is CCNC(=NCc1ccc(Oc2ccccc2)cc1)NCc1nnc2ccccn12. The molecule has 0 aliphatic heterocycles. The molecule has 4 rings (SSSR count). The van der Waals surface area contributed by atoms with Crippen LogP contribution in [0.5, 0.6) is 11.5 Å². The van der Waals surface area contributed by atoms with E-state index in [1.54, 1.807) is 0 Å². The van der Waals surface area contributed by atoms with E-state index in [2.05, 4.69) is 25.8 Å². The summed E-state index contributed by atoms with van der Waals surface area (Å²) < 4.78 is 7.80. The Morgan fingerprint density at radius 2 is 1.67 bits per heavy atom. The average Bonchev–Trinajstić information content (AvgIpc) is 3.20. The number of benzene rings is 2. The third-order valence-electron chi connectivity index (χ3n) is 4.46. The van der Waals surface area contributed by atoms with Crippen molar-refractivity contribution in [2.45, 2.75) is 20.0 Å². The van der Waals surface area contributed by atoms with Crippen LogP contribution in [0.1, 0.15) is 18.3 Å². The minimum Gasteiger partial charge on any atom is -0.457 e. The van der Waals surface area contributed by atoms with Gasteiger partial charge in [0.05, 0.1) is 13.1 Å². The van der Waals surface area contributed by atoms with Crippen molar-refractivity contribution in [1.82, 2.24) is 25.2 Å². The fourth-order valence-corrected chi connectivity index (χ4v) is 2.97. The predicted molar refractivity (Wildman–Crippen MR) is 118 cm³/mol. The molecule has 30 heavy (non-hydrogen) atoms. The van der Waals surface area contributed by atoms with Gasteiger partial charge < -0.3 is 15.4 Å². The first-order valence-electron chi connectivity index (χ1n) is 9.94. The van der Waals surface area contributed by atoms with Crippen LogP contribution in [0.15, 0.2) is 84.0 Å². The highest BCUT2D eigenvalue weighted by Crippen LogP contribution is 2.21. The van der Waals surface area contributed by atoms with Crippen LogP contribution in [0.4, 0.5) is 0 Å². The van der Waals surface area contributed by atoms with Gasteiger partial charge in [-0.3, -0.25) is 4.40 Å². The van der Waals surface area contributed by atoms with Crippen molar-refractivity contribution < 1.29 is 4.74 Å². The zero-order chi connectivity index (χ0) is 20.6. The second kappa shape index (κ2) is 9.56. The summed E-state index contributed by atoms with van der Waals surface area (Å²) in [6.45, 7) is 3.90. The minimum absolute atomic E-state index is 0.529. The van der Waals surface area contributed by atoms with Gasteiger partial charge >= 0.3 is 0 Å². The highest BCUT2D eigenvalue weighted by Gasteiger charge is 2.06. The number of fused-ring (bicyclic) bond motifs is 1. The Morgan fingerprint density at radius 3 is 2.47 bits per heavy atom. The highest BCUT2D eigenvalue weighted by atomic mass is 16.5. The zero-order valence-corrected chi connectivity index (χ0v) is 16.8. The van der Waals surface area contributed by atoms with Crippen molar-refractivity contribution in [3.05, 3.63) is 90.4 Å². The van der Waals surface area contributed by atoms with E-state index in [-0.39, 0.29) is 0 Å². The number of rotatable bonds is 7. The topological polar surface area (TPSA) is 75.8 Å². The Morgan fingerprint density at radius 1 is 0.900 bits per heavy atom. The number of aromatic nitrogens is 3. The Kier molecular flexibility index (Phi) is 6.19. The molecule has 4 aromatic rings. The highest BCUT2D eigenvalue weighted by molar-refractivity contribution is 5.79. The lowest BCUT2D eigenvalue weighted by Gasteiger charge is -2.11. The normalized spacial score (nSPS) is 11.4. The molecular formula is C23H24N6O. The van der Waals surface area contributed by atoms with Crippen molar-refractivity contribution in [2.24, 2.45) is 4.99 Å². The number of guanidine groups is 1. The molecular weight excluding hydrogens is 376 g/mol. The number of nitrogens with zero attached hydrogens (tertiary/aromatic N) is 4. The van der Waals surface area contributed by atoms with Gasteiger partial charge in [-0.05, 0) is 48.9 Å². The molecule has 0 unspecified atom stereocenters. The molecule has 7 nitrogen and oxygen atoms in total. The monoisotopic (exact) mass is 400 g/mol. The average molecular weight is 400 g/mol. The predicted octanol–water partition coefficient (Wildman–Crippen LogP) is 3.78. The van der Waals surface area contributed by atoms with E-state index >= 15 is 0 Å². The summed E-state index contributed by atoms with van der Waals surface area (Å²) >= 11 is 0. The van der Waals surface area contributed by atoms with Gasteiger partial charge in [-0.1, -0.05) is 36.4 Å². The fraction of sp³-hybridized carbons (Fsp3) is 0.174. The van der Waals surface area contributed by atoms with Gasteiger partial charge in [0.2, 0.25) is 0 Å². The Hall–Kier alpha value is -3.87. The van der Waals surface area contributed by atoms with Gasteiger partial charge in [0.1, 0.15) is 11.5 Å². The van der Waals surface area contributed by atoms with E-state index in [4.69, 9.17) is 4.74 Å². The zero-order valence-electron chi connectivity index (χ0n) is 16.8. The van der Waals surface area contributed by atoms with Crippen molar-refractivity contribution in [1.29, 1.82) is 0 Å². The first-order chi connectivity index (χ1) is 14.8. The van der Waals surface area contributed by atoms with Crippen LogP contribution < -0.4 is 15.4 Å². The molecule has 2 aromatic heterocycles. The lowest BCUT2D eigenvalue weighted by atomic mass is 10.2. The van der Waals surface area contributed by atoms with Crippen molar-refractivity contribution in [2.75, 3.05) is 6.54 Å². The van der Waals surface area contributed by atoms with Crippen molar-refractivity contribution in [3.8, 4) is 11.5 Å². The van der Waals surface area contributed by atoms with Crippen LogP contribution in [0.2, 0.25) is 0 Å². The van der Waals surface area contributed by atoms with Crippen LogP contribution >= 0.6 is 0 Å². The molecule has 0 saturated heterocycles. The molecule has 0 amide bonds. The summed E-state index contributed by atoms with van der Waals surface area (Å²) in [5, 5.41) is 15.0.